The molecule has 0 bridgehead atoms. The Morgan fingerprint density at radius 1 is 0.738 bits per heavy atom. The van der Waals surface area contributed by atoms with Gasteiger partial charge in [-0.2, -0.15) is 0 Å². The van der Waals surface area contributed by atoms with Gasteiger partial charge in [0, 0.05) is 46.5 Å². The molecule has 4 atom stereocenters. The van der Waals surface area contributed by atoms with Crippen molar-refractivity contribution >= 4 is 11.0 Å². The van der Waals surface area contributed by atoms with E-state index in [0.29, 0.717) is 46.0 Å². The molecule has 0 fully saturated rings. The minimum atomic E-state index is -1.57. The minimum Gasteiger partial charge on any atom is -0.508 e. The first-order chi connectivity index (χ1) is 20.2. The highest BCUT2D eigenvalue weighted by Crippen LogP contribution is 2.65. The third kappa shape index (κ3) is 3.41. The molecule has 0 spiro atoms. The summed E-state index contributed by atoms with van der Waals surface area (Å²) in [6.07, 6.45) is 2.80. The van der Waals surface area contributed by atoms with Crippen LogP contribution in [0.1, 0.15) is 41.9 Å². The molecule has 3 heterocycles. The van der Waals surface area contributed by atoms with Crippen molar-refractivity contribution in [2.45, 2.75) is 31.0 Å². The average molecular weight is 563 g/mol. The highest BCUT2D eigenvalue weighted by atomic mass is 16.7. The van der Waals surface area contributed by atoms with Crippen molar-refractivity contribution in [2.24, 2.45) is 5.92 Å². The largest absolute Gasteiger partial charge is 0.508 e. The number of ether oxygens (including phenoxy) is 2. The summed E-state index contributed by atoms with van der Waals surface area (Å²) in [6, 6.07) is 19.4. The fourth-order valence-electron chi connectivity index (χ4n) is 7.11. The quantitative estimate of drug-likeness (QED) is 0.144. The molecule has 0 radical (unpaired) electrons. The molecule has 0 saturated carbocycles. The average Bonchev–Trinajstić information content (AvgIpc) is 3.35. The summed E-state index contributed by atoms with van der Waals surface area (Å²) in [4.78, 5) is 0. The van der Waals surface area contributed by atoms with Gasteiger partial charge in [0.1, 0.15) is 51.6 Å². The number of hydrogen-bond donors (Lipinski definition) is 5. The molecule has 0 saturated heterocycles. The van der Waals surface area contributed by atoms with Gasteiger partial charge in [-0.15, -0.1) is 0 Å². The van der Waals surface area contributed by atoms with Gasteiger partial charge < -0.3 is 39.4 Å². The van der Waals surface area contributed by atoms with Gasteiger partial charge in [0.15, 0.2) is 0 Å². The minimum absolute atomic E-state index is 0.0283. The van der Waals surface area contributed by atoms with Crippen LogP contribution in [0.4, 0.5) is 0 Å². The van der Waals surface area contributed by atoms with Crippen molar-refractivity contribution in [2.75, 3.05) is 0 Å². The lowest BCUT2D eigenvalue weighted by atomic mass is 9.61. The zero-order valence-electron chi connectivity index (χ0n) is 22.4. The van der Waals surface area contributed by atoms with E-state index in [1.807, 2.05) is 12.1 Å². The third-order valence-electron chi connectivity index (χ3n) is 8.78. The molecule has 1 aliphatic carbocycles. The maximum absolute atomic E-state index is 11.5. The van der Waals surface area contributed by atoms with Gasteiger partial charge in [-0.1, -0.05) is 17.7 Å². The Morgan fingerprint density at radius 2 is 1.48 bits per heavy atom. The molecular weight excluding hydrogens is 536 g/mol. The molecule has 8 rings (SSSR count). The number of hydrogen-bond acceptors (Lipinski definition) is 8. The van der Waals surface area contributed by atoms with E-state index in [2.05, 4.69) is 13.0 Å². The SMILES string of the molecule is CC1=C[C@H]2c3c(O)cc(-c4cc5ccc(O)cc5o4)cc3O[C@@]3(c4ccc(O)cc4O)Oc4cc(O)ccc4[C@H](C1)C23. The number of furan rings is 1. The lowest BCUT2D eigenvalue weighted by molar-refractivity contribution is -0.198. The third-order valence-corrected chi connectivity index (χ3v) is 8.78. The number of phenols is 5. The monoisotopic (exact) mass is 562 g/mol. The molecule has 1 unspecified atom stereocenters. The molecule has 42 heavy (non-hydrogen) atoms. The van der Waals surface area contributed by atoms with Gasteiger partial charge in [0.2, 0.25) is 0 Å². The van der Waals surface area contributed by atoms with Crippen LogP contribution in [0, 0.1) is 5.92 Å². The van der Waals surface area contributed by atoms with E-state index in [0.717, 1.165) is 16.5 Å². The van der Waals surface area contributed by atoms with Crippen molar-refractivity contribution in [3.8, 4) is 51.6 Å². The Labute approximate surface area is 239 Å². The molecule has 1 aromatic heterocycles. The fourth-order valence-corrected chi connectivity index (χ4v) is 7.11. The Morgan fingerprint density at radius 3 is 2.31 bits per heavy atom. The second-order valence-corrected chi connectivity index (χ2v) is 11.4. The van der Waals surface area contributed by atoms with E-state index < -0.39 is 11.7 Å². The van der Waals surface area contributed by atoms with Crippen LogP contribution in [-0.4, -0.2) is 25.5 Å². The van der Waals surface area contributed by atoms with Crippen molar-refractivity contribution in [3.05, 3.63) is 101 Å². The van der Waals surface area contributed by atoms with E-state index >= 15 is 0 Å². The molecular formula is C34H26O8. The van der Waals surface area contributed by atoms with E-state index in [-0.39, 0.29) is 40.6 Å². The van der Waals surface area contributed by atoms with Crippen molar-refractivity contribution in [1.82, 2.24) is 0 Å². The smallest absolute Gasteiger partial charge is 0.285 e. The predicted molar refractivity (Wildman–Crippen MR) is 153 cm³/mol. The van der Waals surface area contributed by atoms with Crippen LogP contribution in [0.5, 0.6) is 40.2 Å². The molecule has 3 aliphatic rings. The fraction of sp³-hybridized carbons (Fsp3) is 0.176. The van der Waals surface area contributed by atoms with Crippen LogP contribution in [0.15, 0.2) is 88.9 Å². The normalized spacial score (nSPS) is 23.6. The van der Waals surface area contributed by atoms with Gasteiger partial charge >= 0.3 is 0 Å². The number of allylic oxidation sites excluding steroid dienone is 2. The summed E-state index contributed by atoms with van der Waals surface area (Å²) in [6.45, 7) is 2.05. The van der Waals surface area contributed by atoms with Crippen molar-refractivity contribution < 1.29 is 39.4 Å². The molecule has 5 N–H and O–H groups in total. The number of rotatable bonds is 2. The van der Waals surface area contributed by atoms with Crippen LogP contribution in [0.25, 0.3) is 22.3 Å². The summed E-state index contributed by atoms with van der Waals surface area (Å²) in [5.41, 5.74) is 3.98. The van der Waals surface area contributed by atoms with Gasteiger partial charge in [-0.05, 0) is 67.4 Å². The number of phenolic OH excluding ortho intramolecular Hbond substituents is 5. The van der Waals surface area contributed by atoms with E-state index in [9.17, 15) is 25.5 Å². The summed E-state index contributed by atoms with van der Waals surface area (Å²) in [7, 11) is 0. The van der Waals surface area contributed by atoms with Crippen LogP contribution in [-0.2, 0) is 5.79 Å². The van der Waals surface area contributed by atoms with Gasteiger partial charge in [0.05, 0.1) is 11.5 Å². The van der Waals surface area contributed by atoms with Crippen molar-refractivity contribution in [1.29, 1.82) is 0 Å². The zero-order chi connectivity index (χ0) is 28.9. The van der Waals surface area contributed by atoms with Gasteiger partial charge in [-0.25, -0.2) is 0 Å². The summed E-state index contributed by atoms with van der Waals surface area (Å²) < 4.78 is 19.5. The molecule has 8 nitrogen and oxygen atoms in total. The van der Waals surface area contributed by atoms with E-state index in [1.54, 1.807) is 42.5 Å². The van der Waals surface area contributed by atoms with Crippen LogP contribution in [0.3, 0.4) is 0 Å². The maximum atomic E-state index is 11.5. The molecule has 210 valence electrons. The first-order valence-corrected chi connectivity index (χ1v) is 13.7. The highest BCUT2D eigenvalue weighted by Gasteiger charge is 2.61. The number of benzene rings is 4. The molecule has 0 amide bonds. The highest BCUT2D eigenvalue weighted by molar-refractivity contribution is 5.84. The molecule has 4 aromatic carbocycles. The maximum Gasteiger partial charge on any atom is 0.285 e. The second-order valence-electron chi connectivity index (χ2n) is 11.4. The lowest BCUT2D eigenvalue weighted by Crippen LogP contribution is -2.56. The molecule has 2 aliphatic heterocycles. The molecule has 5 aromatic rings. The lowest BCUT2D eigenvalue weighted by Gasteiger charge is -2.55. The predicted octanol–water partition coefficient (Wildman–Crippen LogP) is 7.10. The Kier molecular flexibility index (Phi) is 4.90. The summed E-state index contributed by atoms with van der Waals surface area (Å²) in [5.74, 6) is -1.40. The van der Waals surface area contributed by atoms with Crippen LogP contribution >= 0.6 is 0 Å². The van der Waals surface area contributed by atoms with E-state index in [4.69, 9.17) is 13.9 Å². The zero-order valence-corrected chi connectivity index (χ0v) is 22.4. The summed E-state index contributed by atoms with van der Waals surface area (Å²) >= 11 is 0. The topological polar surface area (TPSA) is 133 Å². The van der Waals surface area contributed by atoms with Crippen LogP contribution < -0.4 is 9.47 Å². The molecule has 8 heteroatoms. The number of fused-ring (bicyclic) bond motifs is 5. The standard InChI is InChI=1S/C34H26O8/c1-16-8-23-22-6-4-21(37)15-30(22)41-34(25-7-5-19(35)13-26(25)38)33(23)24(9-16)32-27(39)10-18(12-31(32)42-34)28-11-17-2-3-20(36)14-29(17)40-28/h2-7,9-15,23-24,33,35-39H,8H2,1H3/t23-,24-,33?,34+/m0/s1. The van der Waals surface area contributed by atoms with Crippen molar-refractivity contribution in [3.63, 3.8) is 0 Å². The first-order valence-electron chi connectivity index (χ1n) is 13.7. The number of aromatic hydroxyl groups is 5. The second kappa shape index (κ2) is 8.39. The Hall–Kier alpha value is -5.24. The van der Waals surface area contributed by atoms with Gasteiger partial charge in [-0.3, -0.25) is 0 Å². The van der Waals surface area contributed by atoms with Crippen LogP contribution in [0.2, 0.25) is 0 Å². The van der Waals surface area contributed by atoms with E-state index in [1.165, 1.54) is 18.2 Å². The Balaban J connectivity index is 1.38. The Bertz CT molecular complexity index is 1970. The summed E-state index contributed by atoms with van der Waals surface area (Å²) in [5, 5.41) is 53.9. The first kappa shape index (κ1) is 24.5. The van der Waals surface area contributed by atoms with Gasteiger partial charge in [0.25, 0.3) is 5.79 Å².